The van der Waals surface area contributed by atoms with E-state index in [2.05, 4.69) is 22.0 Å². The van der Waals surface area contributed by atoms with Crippen LogP contribution in [0.5, 0.6) is 0 Å². The quantitative estimate of drug-likeness (QED) is 0.586. The van der Waals surface area contributed by atoms with Crippen LogP contribution in [0, 0.1) is 0 Å². The van der Waals surface area contributed by atoms with E-state index in [1.807, 2.05) is 24.5 Å². The Hall–Kier alpha value is -1.31. The molecular weight excluding hydrogens is 136 g/mol. The van der Waals surface area contributed by atoms with Gasteiger partial charge in [-0.3, -0.25) is 4.99 Å². The number of anilines is 1. The average Bonchev–Trinajstić information content (AvgIpc) is 2.58. The Morgan fingerprint density at radius 2 is 2.00 bits per heavy atom. The molecule has 1 heterocycles. The summed E-state index contributed by atoms with van der Waals surface area (Å²) in [6, 6.07) is 10.3. The lowest BCUT2D eigenvalue weighted by molar-refractivity contribution is 1.02. The zero-order valence-corrected chi connectivity index (χ0v) is 6.27. The van der Waals surface area contributed by atoms with Crippen LogP contribution in [0.1, 0.15) is 0 Å². The van der Waals surface area contributed by atoms with Crippen molar-refractivity contribution in [3.63, 3.8) is 0 Å². The summed E-state index contributed by atoms with van der Waals surface area (Å²) < 4.78 is 0. The molecule has 11 heavy (non-hydrogen) atoms. The molecule has 0 atom stereocenters. The smallest absolute Gasteiger partial charge is 0.0895 e. The number of hydrogen-bond donors (Lipinski definition) is 0. The molecule has 2 nitrogen and oxygen atoms in total. The maximum atomic E-state index is 4.14. The van der Waals surface area contributed by atoms with E-state index < -0.39 is 0 Å². The van der Waals surface area contributed by atoms with Crippen LogP contribution in [0.3, 0.4) is 0 Å². The molecule has 1 aliphatic rings. The molecule has 2 heteroatoms. The molecule has 0 saturated heterocycles. The lowest BCUT2D eigenvalue weighted by Crippen LogP contribution is -2.17. The molecule has 0 bridgehead atoms. The maximum absolute atomic E-state index is 4.14. The topological polar surface area (TPSA) is 15.6 Å². The molecule has 0 aliphatic carbocycles. The molecular formula is C9H10N2. The van der Waals surface area contributed by atoms with Crippen LogP contribution in [0.25, 0.3) is 0 Å². The van der Waals surface area contributed by atoms with Gasteiger partial charge in [0.25, 0.3) is 0 Å². The molecule has 2 rings (SSSR count). The Labute approximate surface area is 66.2 Å². The van der Waals surface area contributed by atoms with E-state index in [0.717, 1.165) is 13.1 Å². The molecule has 56 valence electrons. The third-order valence-corrected chi connectivity index (χ3v) is 1.78. The number of para-hydroxylation sites is 1. The molecule has 1 aromatic rings. The van der Waals surface area contributed by atoms with Gasteiger partial charge in [0.15, 0.2) is 0 Å². The van der Waals surface area contributed by atoms with Crippen LogP contribution in [0.4, 0.5) is 5.69 Å². The van der Waals surface area contributed by atoms with Crippen molar-refractivity contribution in [2.24, 2.45) is 4.99 Å². The average molecular weight is 146 g/mol. The second-order valence-electron chi connectivity index (χ2n) is 2.55. The molecule has 0 unspecified atom stereocenters. The first-order valence-corrected chi connectivity index (χ1v) is 3.78. The van der Waals surface area contributed by atoms with Crippen LogP contribution < -0.4 is 4.90 Å². The van der Waals surface area contributed by atoms with Gasteiger partial charge in [0.2, 0.25) is 0 Å². The van der Waals surface area contributed by atoms with Crippen molar-refractivity contribution in [2.75, 3.05) is 18.0 Å². The molecule has 0 saturated carbocycles. The lowest BCUT2D eigenvalue weighted by atomic mass is 10.3. The Morgan fingerprint density at radius 3 is 2.64 bits per heavy atom. The Morgan fingerprint density at radius 1 is 1.18 bits per heavy atom. The minimum atomic E-state index is 0.925. The summed E-state index contributed by atoms with van der Waals surface area (Å²) in [5, 5.41) is 0. The van der Waals surface area contributed by atoms with E-state index in [4.69, 9.17) is 0 Å². The highest BCUT2D eigenvalue weighted by Crippen LogP contribution is 2.12. The molecule has 0 amide bonds. The van der Waals surface area contributed by atoms with Crippen LogP contribution in [0.15, 0.2) is 35.3 Å². The Bertz CT molecular complexity index is 254. The molecule has 0 fully saturated rings. The zero-order valence-electron chi connectivity index (χ0n) is 6.27. The van der Waals surface area contributed by atoms with E-state index in [0.29, 0.717) is 0 Å². The standard InChI is InChI=1S/C9H10N2/c1-2-4-9(5-3-1)11-7-6-10-8-11/h1-5,8H,6-7H2. The Kier molecular flexibility index (Phi) is 1.60. The fourth-order valence-electron chi connectivity index (χ4n) is 1.19. The number of hydrogen-bond acceptors (Lipinski definition) is 2. The van der Waals surface area contributed by atoms with E-state index in [1.165, 1.54) is 5.69 Å². The lowest BCUT2D eigenvalue weighted by Gasteiger charge is -2.12. The summed E-state index contributed by atoms with van der Waals surface area (Å²) in [6.07, 6.45) is 1.90. The van der Waals surface area contributed by atoms with Crippen molar-refractivity contribution in [2.45, 2.75) is 0 Å². The first kappa shape index (κ1) is 6.40. The number of rotatable bonds is 1. The highest BCUT2D eigenvalue weighted by molar-refractivity contribution is 5.80. The summed E-state index contributed by atoms with van der Waals surface area (Å²) in [5.74, 6) is 0. The molecule has 1 aromatic carbocycles. The first-order valence-electron chi connectivity index (χ1n) is 3.78. The van der Waals surface area contributed by atoms with E-state index in [-0.39, 0.29) is 0 Å². The van der Waals surface area contributed by atoms with Gasteiger partial charge >= 0.3 is 0 Å². The first-order chi connectivity index (χ1) is 5.47. The third-order valence-electron chi connectivity index (χ3n) is 1.78. The highest BCUT2D eigenvalue weighted by Gasteiger charge is 2.05. The van der Waals surface area contributed by atoms with Crippen LogP contribution in [-0.2, 0) is 0 Å². The highest BCUT2D eigenvalue weighted by atomic mass is 15.2. The molecule has 1 aliphatic heterocycles. The minimum absolute atomic E-state index is 0.925. The largest absolute Gasteiger partial charge is 0.331 e. The summed E-state index contributed by atoms with van der Waals surface area (Å²) in [7, 11) is 0. The van der Waals surface area contributed by atoms with E-state index in [1.54, 1.807) is 0 Å². The van der Waals surface area contributed by atoms with Gasteiger partial charge in [-0.2, -0.15) is 0 Å². The van der Waals surface area contributed by atoms with Gasteiger partial charge in [-0.1, -0.05) is 18.2 Å². The van der Waals surface area contributed by atoms with Crippen molar-refractivity contribution >= 4 is 12.0 Å². The summed E-state index contributed by atoms with van der Waals surface area (Å²) in [5.41, 5.74) is 1.23. The summed E-state index contributed by atoms with van der Waals surface area (Å²) in [6.45, 7) is 1.94. The van der Waals surface area contributed by atoms with Crippen molar-refractivity contribution in [1.82, 2.24) is 0 Å². The van der Waals surface area contributed by atoms with E-state index in [9.17, 15) is 0 Å². The second-order valence-corrected chi connectivity index (χ2v) is 2.55. The van der Waals surface area contributed by atoms with E-state index >= 15 is 0 Å². The molecule has 0 N–H and O–H groups in total. The monoisotopic (exact) mass is 146 g/mol. The fraction of sp³-hybridized carbons (Fsp3) is 0.222. The summed E-state index contributed by atoms with van der Waals surface area (Å²) in [4.78, 5) is 6.29. The predicted molar refractivity (Wildman–Crippen MR) is 47.1 cm³/mol. The number of nitrogens with zero attached hydrogens (tertiary/aromatic N) is 2. The van der Waals surface area contributed by atoms with Crippen molar-refractivity contribution in [3.05, 3.63) is 30.3 Å². The second kappa shape index (κ2) is 2.74. The third kappa shape index (κ3) is 1.24. The van der Waals surface area contributed by atoms with Gasteiger partial charge < -0.3 is 4.90 Å². The van der Waals surface area contributed by atoms with Crippen LogP contribution >= 0.6 is 0 Å². The van der Waals surface area contributed by atoms with Crippen molar-refractivity contribution < 1.29 is 0 Å². The van der Waals surface area contributed by atoms with Gasteiger partial charge in [0, 0.05) is 12.2 Å². The number of benzene rings is 1. The molecule has 0 spiro atoms. The normalized spacial score (nSPS) is 15.8. The molecule has 0 aromatic heterocycles. The maximum Gasteiger partial charge on any atom is 0.0895 e. The zero-order chi connectivity index (χ0) is 7.52. The van der Waals surface area contributed by atoms with Crippen molar-refractivity contribution in [1.29, 1.82) is 0 Å². The van der Waals surface area contributed by atoms with Crippen LogP contribution in [0.2, 0.25) is 0 Å². The van der Waals surface area contributed by atoms with Gasteiger partial charge in [-0.05, 0) is 12.1 Å². The van der Waals surface area contributed by atoms with Gasteiger partial charge in [0.1, 0.15) is 0 Å². The van der Waals surface area contributed by atoms with Crippen molar-refractivity contribution in [3.8, 4) is 0 Å². The fourth-order valence-corrected chi connectivity index (χ4v) is 1.19. The Balaban J connectivity index is 2.23. The summed E-state index contributed by atoms with van der Waals surface area (Å²) >= 11 is 0. The van der Waals surface area contributed by atoms with Gasteiger partial charge in [-0.15, -0.1) is 0 Å². The van der Waals surface area contributed by atoms with Crippen LogP contribution in [-0.4, -0.2) is 19.4 Å². The minimum Gasteiger partial charge on any atom is -0.331 e. The van der Waals surface area contributed by atoms with Gasteiger partial charge in [-0.25, -0.2) is 0 Å². The number of aliphatic imine (C=N–C) groups is 1. The predicted octanol–water partition coefficient (Wildman–Crippen LogP) is 1.53. The molecule has 0 radical (unpaired) electrons. The SMILES string of the molecule is C1=NCCN1c1ccccc1. The van der Waals surface area contributed by atoms with Gasteiger partial charge in [0.05, 0.1) is 12.9 Å².